The normalized spacial score (nSPS) is 12.1. The molecule has 0 aliphatic carbocycles. The van der Waals surface area contributed by atoms with Crippen LogP contribution in [0.4, 0.5) is 5.69 Å². The minimum atomic E-state index is -0.143. The van der Waals surface area contributed by atoms with Crippen molar-refractivity contribution in [1.29, 1.82) is 0 Å². The first-order chi connectivity index (χ1) is 10.3. The van der Waals surface area contributed by atoms with Crippen LogP contribution >= 0.6 is 22.9 Å². The Balaban J connectivity index is 1.97. The fourth-order valence-electron chi connectivity index (χ4n) is 2.04. The Hall–Kier alpha value is -1.98. The van der Waals surface area contributed by atoms with E-state index in [1.165, 1.54) is 11.3 Å². The van der Waals surface area contributed by atoms with Crippen LogP contribution in [0, 0.1) is 0 Å². The molecule has 3 aromatic heterocycles. The number of furan rings is 1. The smallest absolute Gasteiger partial charge is 0.237 e. The van der Waals surface area contributed by atoms with E-state index in [-0.39, 0.29) is 6.04 Å². The lowest BCUT2D eigenvalue weighted by Gasteiger charge is -2.17. The molecule has 1 atom stereocenters. The van der Waals surface area contributed by atoms with Gasteiger partial charge in [0.25, 0.3) is 0 Å². The van der Waals surface area contributed by atoms with Crippen molar-refractivity contribution in [2.24, 2.45) is 0 Å². The average Bonchev–Trinajstić information content (AvgIpc) is 3.17. The lowest BCUT2D eigenvalue weighted by Crippen LogP contribution is -2.11. The monoisotopic (exact) mass is 320 g/mol. The zero-order valence-corrected chi connectivity index (χ0v) is 12.8. The number of halogens is 1. The Morgan fingerprint density at radius 3 is 2.86 bits per heavy atom. The second-order valence-electron chi connectivity index (χ2n) is 4.29. The number of nitrogens with one attached hydrogen (secondary N) is 1. The fourth-order valence-corrected chi connectivity index (χ4v) is 3.16. The summed E-state index contributed by atoms with van der Waals surface area (Å²) in [5.41, 5.74) is 0.797. The highest BCUT2D eigenvalue weighted by Crippen LogP contribution is 2.35. The van der Waals surface area contributed by atoms with Gasteiger partial charge in [-0.25, -0.2) is 4.98 Å². The Kier molecular flexibility index (Phi) is 4.13. The molecule has 6 heteroatoms. The van der Waals surface area contributed by atoms with Crippen LogP contribution in [0.3, 0.4) is 0 Å². The van der Waals surface area contributed by atoms with Crippen molar-refractivity contribution in [3.05, 3.63) is 63.8 Å². The fraction of sp³-hybridized carbons (Fsp3) is 0.133. The molecule has 0 bridgehead atoms. The van der Waals surface area contributed by atoms with Crippen LogP contribution in [0.5, 0.6) is 5.88 Å². The number of nitrogens with zero attached hydrogens (tertiary/aromatic N) is 1. The van der Waals surface area contributed by atoms with Crippen LogP contribution in [0.25, 0.3) is 0 Å². The molecule has 0 aliphatic heterocycles. The third-order valence-electron chi connectivity index (χ3n) is 2.97. The van der Waals surface area contributed by atoms with E-state index >= 15 is 0 Å². The van der Waals surface area contributed by atoms with Gasteiger partial charge in [-0.2, -0.15) is 0 Å². The Morgan fingerprint density at radius 2 is 2.19 bits per heavy atom. The summed E-state index contributed by atoms with van der Waals surface area (Å²) in [4.78, 5) is 5.25. The summed E-state index contributed by atoms with van der Waals surface area (Å²) in [6, 6.07) is 11.3. The van der Waals surface area contributed by atoms with Crippen molar-refractivity contribution in [2.45, 2.75) is 6.04 Å². The number of ether oxygens (including phenoxy) is 1. The highest BCUT2D eigenvalue weighted by Gasteiger charge is 2.20. The molecular formula is C15H13ClN2O2S. The number of pyridine rings is 1. The molecule has 0 radical (unpaired) electrons. The van der Waals surface area contributed by atoms with Crippen LogP contribution in [0.1, 0.15) is 16.7 Å². The topological polar surface area (TPSA) is 47.3 Å². The molecule has 3 rings (SSSR count). The molecule has 0 spiro atoms. The summed E-state index contributed by atoms with van der Waals surface area (Å²) >= 11 is 7.56. The second kappa shape index (κ2) is 6.20. The largest absolute Gasteiger partial charge is 0.480 e. The van der Waals surface area contributed by atoms with E-state index in [1.54, 1.807) is 19.6 Å². The van der Waals surface area contributed by atoms with E-state index in [0.29, 0.717) is 5.88 Å². The summed E-state index contributed by atoms with van der Waals surface area (Å²) < 4.78 is 11.6. The van der Waals surface area contributed by atoms with E-state index in [0.717, 1.165) is 20.7 Å². The predicted molar refractivity (Wildman–Crippen MR) is 84.3 cm³/mol. The summed E-state index contributed by atoms with van der Waals surface area (Å²) in [5.74, 6) is 1.34. The van der Waals surface area contributed by atoms with Crippen LogP contribution in [-0.2, 0) is 0 Å². The third-order valence-corrected chi connectivity index (χ3v) is 4.27. The molecule has 108 valence electrons. The van der Waals surface area contributed by atoms with Gasteiger partial charge in [0.1, 0.15) is 11.8 Å². The first-order valence-corrected chi connectivity index (χ1v) is 7.51. The molecule has 0 fully saturated rings. The molecule has 0 aliphatic rings. The van der Waals surface area contributed by atoms with Gasteiger partial charge in [-0.05, 0) is 36.4 Å². The van der Waals surface area contributed by atoms with E-state index in [9.17, 15) is 0 Å². The van der Waals surface area contributed by atoms with Gasteiger partial charge in [0.2, 0.25) is 5.88 Å². The van der Waals surface area contributed by atoms with Crippen molar-refractivity contribution >= 4 is 28.6 Å². The summed E-state index contributed by atoms with van der Waals surface area (Å²) in [7, 11) is 1.59. The summed E-state index contributed by atoms with van der Waals surface area (Å²) in [6.45, 7) is 0. The number of hydrogen-bond acceptors (Lipinski definition) is 5. The van der Waals surface area contributed by atoms with E-state index in [1.807, 2.05) is 36.4 Å². The molecular weight excluding hydrogens is 308 g/mol. The predicted octanol–water partition coefficient (Wildman–Crippen LogP) is 4.60. The first kappa shape index (κ1) is 14.0. The van der Waals surface area contributed by atoms with Gasteiger partial charge in [0.15, 0.2) is 0 Å². The van der Waals surface area contributed by atoms with Crippen molar-refractivity contribution in [1.82, 2.24) is 4.98 Å². The van der Waals surface area contributed by atoms with Crippen molar-refractivity contribution in [2.75, 3.05) is 12.4 Å². The number of thiophene rings is 1. The highest BCUT2D eigenvalue weighted by atomic mass is 35.5. The lowest BCUT2D eigenvalue weighted by molar-refractivity contribution is 0.399. The maximum absolute atomic E-state index is 6.05. The average molecular weight is 321 g/mol. The van der Waals surface area contributed by atoms with Gasteiger partial charge in [-0.15, -0.1) is 11.3 Å². The van der Waals surface area contributed by atoms with Crippen molar-refractivity contribution < 1.29 is 9.15 Å². The maximum Gasteiger partial charge on any atom is 0.237 e. The molecule has 0 saturated heterocycles. The number of hydrogen-bond donors (Lipinski definition) is 1. The van der Waals surface area contributed by atoms with Crippen molar-refractivity contribution in [3.8, 4) is 5.88 Å². The molecule has 1 N–H and O–H groups in total. The Morgan fingerprint density at radius 1 is 1.29 bits per heavy atom. The first-order valence-electron chi connectivity index (χ1n) is 6.32. The quantitative estimate of drug-likeness (QED) is 0.746. The van der Waals surface area contributed by atoms with E-state index in [2.05, 4.69) is 10.3 Å². The maximum atomic E-state index is 6.05. The molecule has 0 aromatic carbocycles. The standard InChI is InChI=1S/C15H13ClN2O2S/c1-19-15-10(4-2-8-17-15)18-14(11-5-3-9-20-11)12-6-7-13(16)21-12/h2-9,14,18H,1H3. The highest BCUT2D eigenvalue weighted by molar-refractivity contribution is 7.16. The number of rotatable bonds is 5. The molecule has 21 heavy (non-hydrogen) atoms. The van der Waals surface area contributed by atoms with Gasteiger partial charge < -0.3 is 14.5 Å². The van der Waals surface area contributed by atoms with Gasteiger partial charge in [-0.3, -0.25) is 0 Å². The van der Waals surface area contributed by atoms with Crippen LogP contribution in [-0.4, -0.2) is 12.1 Å². The molecule has 4 nitrogen and oxygen atoms in total. The van der Waals surface area contributed by atoms with Gasteiger partial charge in [0.05, 0.1) is 23.4 Å². The zero-order chi connectivity index (χ0) is 14.7. The molecule has 3 aromatic rings. The lowest BCUT2D eigenvalue weighted by atomic mass is 10.1. The van der Waals surface area contributed by atoms with E-state index < -0.39 is 0 Å². The van der Waals surface area contributed by atoms with Crippen LogP contribution in [0.2, 0.25) is 4.34 Å². The summed E-state index contributed by atoms with van der Waals surface area (Å²) in [6.07, 6.45) is 3.34. The number of methoxy groups -OCH3 is 1. The zero-order valence-electron chi connectivity index (χ0n) is 11.2. The van der Waals surface area contributed by atoms with Gasteiger partial charge in [-0.1, -0.05) is 11.6 Å². The third kappa shape index (κ3) is 3.04. The number of anilines is 1. The van der Waals surface area contributed by atoms with Crippen LogP contribution in [0.15, 0.2) is 53.3 Å². The van der Waals surface area contributed by atoms with Crippen LogP contribution < -0.4 is 10.1 Å². The second-order valence-corrected chi connectivity index (χ2v) is 6.04. The Labute approximate surface area is 131 Å². The Bertz CT molecular complexity index is 712. The molecule has 1 unspecified atom stereocenters. The number of aromatic nitrogens is 1. The molecule has 3 heterocycles. The molecule has 0 saturated carbocycles. The van der Waals surface area contributed by atoms with Crippen molar-refractivity contribution in [3.63, 3.8) is 0 Å². The summed E-state index contributed by atoms with van der Waals surface area (Å²) in [5, 5.41) is 3.40. The molecule has 0 amide bonds. The van der Waals surface area contributed by atoms with Gasteiger partial charge in [0, 0.05) is 11.1 Å². The minimum absolute atomic E-state index is 0.143. The van der Waals surface area contributed by atoms with Gasteiger partial charge >= 0.3 is 0 Å². The van der Waals surface area contributed by atoms with E-state index in [4.69, 9.17) is 20.8 Å². The SMILES string of the molecule is COc1ncccc1NC(c1ccco1)c1ccc(Cl)s1. The minimum Gasteiger partial charge on any atom is -0.480 e.